The third-order valence-electron chi connectivity index (χ3n) is 2.87. The number of halogens is 2. The number of carbonyl (C=O) groups is 1. The Bertz CT molecular complexity index is 743. The number of ether oxygens (including phenoxy) is 1. The molecule has 112 valence electrons. The third-order valence-corrected chi connectivity index (χ3v) is 3.37. The summed E-state index contributed by atoms with van der Waals surface area (Å²) in [6, 6.07) is 12.9. The number of hydrogen-bond donors (Lipinski definition) is 1. The van der Waals surface area contributed by atoms with Crippen LogP contribution < -0.4 is 10.1 Å². The van der Waals surface area contributed by atoms with Gasteiger partial charge in [0.15, 0.2) is 17.7 Å². The van der Waals surface area contributed by atoms with Crippen molar-refractivity contribution < 1.29 is 13.9 Å². The number of para-hydroxylation sites is 1. The first kappa shape index (κ1) is 16.0. The van der Waals surface area contributed by atoms with E-state index in [1.54, 1.807) is 30.3 Å². The van der Waals surface area contributed by atoms with Gasteiger partial charge in [-0.05, 0) is 37.3 Å². The predicted octanol–water partition coefficient (Wildman–Crippen LogP) is 3.87. The van der Waals surface area contributed by atoms with E-state index in [0.717, 1.165) is 0 Å². The topological polar surface area (TPSA) is 62.1 Å². The highest BCUT2D eigenvalue weighted by molar-refractivity contribution is 9.10. The Labute approximate surface area is 135 Å². The summed E-state index contributed by atoms with van der Waals surface area (Å²) in [5.74, 6) is -1.05. The van der Waals surface area contributed by atoms with Gasteiger partial charge in [-0.2, -0.15) is 5.26 Å². The summed E-state index contributed by atoms with van der Waals surface area (Å²) >= 11 is 3.15. The van der Waals surface area contributed by atoms with Gasteiger partial charge in [0.1, 0.15) is 6.07 Å². The van der Waals surface area contributed by atoms with Crippen LogP contribution in [0.15, 0.2) is 46.9 Å². The molecule has 0 aromatic heterocycles. The first-order valence-corrected chi connectivity index (χ1v) is 7.22. The van der Waals surface area contributed by atoms with Crippen LogP contribution >= 0.6 is 15.9 Å². The molecule has 2 aromatic rings. The fourth-order valence-electron chi connectivity index (χ4n) is 1.74. The molecule has 0 unspecified atom stereocenters. The molecule has 1 atom stereocenters. The van der Waals surface area contributed by atoms with E-state index in [9.17, 15) is 9.18 Å². The molecule has 0 saturated carbocycles. The average molecular weight is 363 g/mol. The number of benzene rings is 2. The van der Waals surface area contributed by atoms with E-state index < -0.39 is 17.8 Å². The van der Waals surface area contributed by atoms with Crippen molar-refractivity contribution in [1.82, 2.24) is 0 Å². The predicted molar refractivity (Wildman–Crippen MR) is 84.0 cm³/mol. The highest BCUT2D eigenvalue weighted by Gasteiger charge is 2.18. The highest BCUT2D eigenvalue weighted by atomic mass is 79.9. The largest absolute Gasteiger partial charge is 0.478 e. The van der Waals surface area contributed by atoms with Gasteiger partial charge in [-0.15, -0.1) is 0 Å². The maximum atomic E-state index is 13.7. The van der Waals surface area contributed by atoms with E-state index in [1.807, 2.05) is 6.07 Å². The zero-order valence-electron chi connectivity index (χ0n) is 11.6. The van der Waals surface area contributed by atoms with Gasteiger partial charge in [-0.3, -0.25) is 4.79 Å². The molecule has 0 aliphatic rings. The summed E-state index contributed by atoms with van der Waals surface area (Å²) in [6.45, 7) is 1.51. The number of nitrogens with zero attached hydrogens (tertiary/aromatic N) is 1. The van der Waals surface area contributed by atoms with Gasteiger partial charge in [0, 0.05) is 4.47 Å². The van der Waals surface area contributed by atoms with Crippen LogP contribution in [0.5, 0.6) is 5.75 Å². The van der Waals surface area contributed by atoms with E-state index >= 15 is 0 Å². The van der Waals surface area contributed by atoms with Crippen molar-refractivity contribution in [2.45, 2.75) is 13.0 Å². The smallest absolute Gasteiger partial charge is 0.265 e. The second-order valence-corrected chi connectivity index (χ2v) is 5.40. The number of anilines is 1. The lowest BCUT2D eigenvalue weighted by atomic mass is 10.2. The van der Waals surface area contributed by atoms with Crippen molar-refractivity contribution in [3.63, 3.8) is 0 Å². The number of nitrogens with one attached hydrogen (secondary N) is 1. The van der Waals surface area contributed by atoms with Gasteiger partial charge in [0.2, 0.25) is 0 Å². The van der Waals surface area contributed by atoms with E-state index in [0.29, 0.717) is 15.7 Å². The molecule has 0 aliphatic carbocycles. The monoisotopic (exact) mass is 362 g/mol. The standard InChI is InChI=1S/C16H12BrFN2O2/c1-10(22-15-7-6-12(17)8-13(15)18)16(21)20-14-5-3-2-4-11(14)9-19/h2-8,10H,1H3,(H,20,21)/t10-/m1/s1. The number of rotatable bonds is 4. The summed E-state index contributed by atoms with van der Waals surface area (Å²) in [7, 11) is 0. The molecule has 1 N–H and O–H groups in total. The molecule has 2 aromatic carbocycles. The molecule has 0 radical (unpaired) electrons. The van der Waals surface area contributed by atoms with Gasteiger partial charge in [0.05, 0.1) is 11.3 Å². The van der Waals surface area contributed by atoms with Crippen LogP contribution in [0.3, 0.4) is 0 Å². The highest BCUT2D eigenvalue weighted by Crippen LogP contribution is 2.23. The summed E-state index contributed by atoms with van der Waals surface area (Å²) in [5, 5.41) is 11.6. The van der Waals surface area contributed by atoms with E-state index in [4.69, 9.17) is 10.00 Å². The molecule has 0 fully saturated rings. The van der Waals surface area contributed by atoms with Crippen molar-refractivity contribution in [2.24, 2.45) is 0 Å². The Morgan fingerprint density at radius 1 is 1.36 bits per heavy atom. The zero-order valence-corrected chi connectivity index (χ0v) is 13.2. The molecular weight excluding hydrogens is 351 g/mol. The average Bonchev–Trinajstić information content (AvgIpc) is 2.50. The molecule has 0 saturated heterocycles. The molecular formula is C16H12BrFN2O2. The molecule has 0 aliphatic heterocycles. The number of carbonyl (C=O) groups excluding carboxylic acids is 1. The Morgan fingerprint density at radius 3 is 2.77 bits per heavy atom. The minimum atomic E-state index is -0.914. The normalized spacial score (nSPS) is 11.4. The summed E-state index contributed by atoms with van der Waals surface area (Å²) in [6.07, 6.45) is -0.914. The van der Waals surface area contributed by atoms with Crippen LogP contribution in [-0.2, 0) is 4.79 Å². The number of amides is 1. The molecule has 22 heavy (non-hydrogen) atoms. The Balaban J connectivity index is 2.08. The second-order valence-electron chi connectivity index (χ2n) is 4.48. The quantitative estimate of drug-likeness (QED) is 0.897. The fraction of sp³-hybridized carbons (Fsp3) is 0.125. The van der Waals surface area contributed by atoms with Gasteiger partial charge in [-0.1, -0.05) is 28.1 Å². The van der Waals surface area contributed by atoms with Gasteiger partial charge in [-0.25, -0.2) is 4.39 Å². The Morgan fingerprint density at radius 2 is 2.09 bits per heavy atom. The Hall–Kier alpha value is -2.39. The zero-order chi connectivity index (χ0) is 16.1. The first-order chi connectivity index (χ1) is 10.5. The summed E-state index contributed by atoms with van der Waals surface area (Å²) in [5.41, 5.74) is 0.736. The second kappa shape index (κ2) is 7.05. The summed E-state index contributed by atoms with van der Waals surface area (Å²) < 4.78 is 19.6. The summed E-state index contributed by atoms with van der Waals surface area (Å²) in [4.78, 5) is 12.1. The van der Waals surface area contributed by atoms with Crippen molar-refractivity contribution in [3.8, 4) is 11.8 Å². The van der Waals surface area contributed by atoms with Crippen LogP contribution in [0.1, 0.15) is 12.5 Å². The van der Waals surface area contributed by atoms with Crippen molar-refractivity contribution in [2.75, 3.05) is 5.32 Å². The molecule has 2 rings (SSSR count). The minimum Gasteiger partial charge on any atom is -0.478 e. The van der Waals surface area contributed by atoms with Crippen molar-refractivity contribution in [1.29, 1.82) is 5.26 Å². The SMILES string of the molecule is C[C@@H](Oc1ccc(Br)cc1F)C(=O)Nc1ccccc1C#N. The van der Waals surface area contributed by atoms with Crippen LogP contribution in [0.4, 0.5) is 10.1 Å². The number of nitriles is 1. The molecule has 1 amide bonds. The van der Waals surface area contributed by atoms with Gasteiger partial charge >= 0.3 is 0 Å². The van der Waals surface area contributed by atoms with Gasteiger partial charge < -0.3 is 10.1 Å². The third kappa shape index (κ3) is 3.83. The van der Waals surface area contributed by atoms with E-state index in [2.05, 4.69) is 21.2 Å². The van der Waals surface area contributed by atoms with E-state index in [-0.39, 0.29) is 5.75 Å². The molecule has 0 spiro atoms. The molecule has 0 bridgehead atoms. The maximum Gasteiger partial charge on any atom is 0.265 e. The molecule has 4 nitrogen and oxygen atoms in total. The van der Waals surface area contributed by atoms with Crippen molar-refractivity contribution in [3.05, 3.63) is 58.3 Å². The lowest BCUT2D eigenvalue weighted by Crippen LogP contribution is -2.30. The first-order valence-electron chi connectivity index (χ1n) is 6.43. The lowest BCUT2D eigenvalue weighted by molar-refractivity contribution is -0.122. The fourth-order valence-corrected chi connectivity index (χ4v) is 2.07. The van der Waals surface area contributed by atoms with Crippen LogP contribution in [0.25, 0.3) is 0 Å². The van der Waals surface area contributed by atoms with E-state index in [1.165, 1.54) is 19.1 Å². The maximum absolute atomic E-state index is 13.7. The Kier molecular flexibility index (Phi) is 5.12. The number of hydrogen-bond acceptors (Lipinski definition) is 3. The molecule has 6 heteroatoms. The van der Waals surface area contributed by atoms with Crippen molar-refractivity contribution >= 4 is 27.5 Å². The van der Waals surface area contributed by atoms with Crippen LogP contribution in [-0.4, -0.2) is 12.0 Å². The lowest BCUT2D eigenvalue weighted by Gasteiger charge is -2.15. The molecule has 0 heterocycles. The minimum absolute atomic E-state index is 0.0144. The van der Waals surface area contributed by atoms with Crippen LogP contribution in [0, 0.1) is 17.1 Å². The van der Waals surface area contributed by atoms with Crippen LogP contribution in [0.2, 0.25) is 0 Å². The van der Waals surface area contributed by atoms with Gasteiger partial charge in [0.25, 0.3) is 5.91 Å².